The summed E-state index contributed by atoms with van der Waals surface area (Å²) in [6, 6.07) is 7.33. The largest absolute Gasteiger partial charge is 0.497 e. The van der Waals surface area contributed by atoms with Crippen LogP contribution in [0, 0.1) is 0 Å². The molecular formula is C17H19N3O4. The molecule has 0 aliphatic rings. The molecule has 0 fully saturated rings. The third-order valence-corrected chi connectivity index (χ3v) is 3.92. The molecule has 3 aromatic rings. The molecule has 0 aliphatic carbocycles. The fourth-order valence-corrected chi connectivity index (χ4v) is 2.65. The highest BCUT2D eigenvalue weighted by molar-refractivity contribution is 5.72. The van der Waals surface area contributed by atoms with Gasteiger partial charge >= 0.3 is 0 Å². The first-order chi connectivity index (χ1) is 11.7. The molecule has 24 heavy (non-hydrogen) atoms. The van der Waals surface area contributed by atoms with E-state index in [1.54, 1.807) is 31.2 Å². The fourth-order valence-electron chi connectivity index (χ4n) is 2.65. The molecule has 2 aromatic heterocycles. The summed E-state index contributed by atoms with van der Waals surface area (Å²) in [5.74, 6) is 0.731. The van der Waals surface area contributed by atoms with Gasteiger partial charge in [-0.2, -0.15) is 5.10 Å². The van der Waals surface area contributed by atoms with Gasteiger partial charge in [-0.05, 0) is 24.3 Å². The van der Waals surface area contributed by atoms with E-state index in [0.717, 1.165) is 11.3 Å². The number of methoxy groups -OCH3 is 2. The van der Waals surface area contributed by atoms with E-state index < -0.39 is 0 Å². The smallest absolute Gasteiger partial charge is 0.277 e. The highest BCUT2D eigenvalue weighted by Crippen LogP contribution is 2.26. The van der Waals surface area contributed by atoms with E-state index in [2.05, 4.69) is 5.10 Å². The number of aromatic nitrogens is 3. The highest BCUT2D eigenvalue weighted by atomic mass is 16.5. The summed E-state index contributed by atoms with van der Waals surface area (Å²) >= 11 is 0. The number of nitrogens with zero attached hydrogens (tertiary/aromatic N) is 3. The van der Waals surface area contributed by atoms with Crippen LogP contribution in [0.2, 0.25) is 0 Å². The Morgan fingerprint density at radius 1 is 1.17 bits per heavy atom. The van der Waals surface area contributed by atoms with Gasteiger partial charge in [-0.25, -0.2) is 4.52 Å². The SMILES string of the molecule is COCCn1ccn2nc(-c3ccc(OC)cc3)c(CO)c2c1=O. The Labute approximate surface area is 138 Å². The second-order valence-electron chi connectivity index (χ2n) is 5.30. The zero-order valence-electron chi connectivity index (χ0n) is 13.6. The molecule has 0 saturated carbocycles. The Morgan fingerprint density at radius 2 is 1.92 bits per heavy atom. The van der Waals surface area contributed by atoms with E-state index in [9.17, 15) is 9.90 Å². The van der Waals surface area contributed by atoms with Gasteiger partial charge in [-0.15, -0.1) is 0 Å². The van der Waals surface area contributed by atoms with Crippen molar-refractivity contribution in [2.75, 3.05) is 20.8 Å². The maximum Gasteiger partial charge on any atom is 0.277 e. The predicted molar refractivity (Wildman–Crippen MR) is 89.2 cm³/mol. The van der Waals surface area contributed by atoms with Crippen LogP contribution in [0.1, 0.15) is 5.56 Å². The first-order valence-electron chi connectivity index (χ1n) is 7.54. The molecule has 126 valence electrons. The van der Waals surface area contributed by atoms with Gasteiger partial charge in [0, 0.05) is 37.2 Å². The van der Waals surface area contributed by atoms with E-state index in [0.29, 0.717) is 29.9 Å². The van der Waals surface area contributed by atoms with Crippen LogP contribution in [-0.2, 0) is 17.9 Å². The molecule has 0 unspecified atom stereocenters. The van der Waals surface area contributed by atoms with Crippen molar-refractivity contribution < 1.29 is 14.6 Å². The zero-order valence-corrected chi connectivity index (χ0v) is 13.6. The molecule has 7 nitrogen and oxygen atoms in total. The van der Waals surface area contributed by atoms with E-state index in [1.807, 2.05) is 24.3 Å². The lowest BCUT2D eigenvalue weighted by Gasteiger charge is -2.05. The number of benzene rings is 1. The molecule has 2 heterocycles. The lowest BCUT2D eigenvalue weighted by atomic mass is 10.1. The monoisotopic (exact) mass is 329 g/mol. The van der Waals surface area contributed by atoms with Gasteiger partial charge in [0.15, 0.2) is 0 Å². The molecule has 0 aliphatic heterocycles. The molecule has 0 bridgehead atoms. The van der Waals surface area contributed by atoms with Crippen LogP contribution in [0.3, 0.4) is 0 Å². The second kappa shape index (κ2) is 6.86. The Morgan fingerprint density at radius 3 is 2.54 bits per heavy atom. The minimum atomic E-state index is -0.269. The number of rotatable bonds is 6. The average Bonchev–Trinajstić information content (AvgIpc) is 3.00. The standard InChI is InChI=1S/C17H19N3O4/c1-23-10-9-19-7-8-20-16(17(19)22)14(11-21)15(18-20)12-3-5-13(24-2)6-4-12/h3-8,21H,9-11H2,1-2H3. The molecule has 0 saturated heterocycles. The summed E-state index contributed by atoms with van der Waals surface area (Å²) in [5, 5.41) is 14.3. The van der Waals surface area contributed by atoms with Gasteiger partial charge in [0.05, 0.1) is 26.0 Å². The van der Waals surface area contributed by atoms with E-state index in [1.165, 1.54) is 4.52 Å². The first kappa shape index (κ1) is 16.2. The van der Waals surface area contributed by atoms with Crippen molar-refractivity contribution in [1.82, 2.24) is 14.2 Å². The molecule has 3 rings (SSSR count). The maximum atomic E-state index is 12.7. The summed E-state index contributed by atoms with van der Waals surface area (Å²) in [6.07, 6.45) is 3.37. The molecule has 0 radical (unpaired) electrons. The number of aliphatic hydroxyl groups excluding tert-OH is 1. The summed E-state index contributed by atoms with van der Waals surface area (Å²) in [7, 11) is 3.19. The summed E-state index contributed by atoms with van der Waals surface area (Å²) < 4.78 is 13.2. The van der Waals surface area contributed by atoms with Gasteiger partial charge in [0.1, 0.15) is 11.3 Å². The first-order valence-corrected chi connectivity index (χ1v) is 7.54. The van der Waals surface area contributed by atoms with Gasteiger partial charge in [-0.1, -0.05) is 0 Å². The van der Waals surface area contributed by atoms with Crippen molar-refractivity contribution in [2.45, 2.75) is 13.2 Å². The maximum absolute atomic E-state index is 12.7. The molecule has 0 atom stereocenters. The third-order valence-electron chi connectivity index (χ3n) is 3.92. The van der Waals surface area contributed by atoms with Gasteiger partial charge in [-0.3, -0.25) is 4.79 Å². The summed E-state index contributed by atoms with van der Waals surface area (Å²) in [5.41, 5.74) is 2.08. The number of hydrogen-bond acceptors (Lipinski definition) is 5. The van der Waals surface area contributed by atoms with Crippen molar-refractivity contribution in [3.63, 3.8) is 0 Å². The lowest BCUT2D eigenvalue weighted by Crippen LogP contribution is -2.23. The minimum Gasteiger partial charge on any atom is -0.497 e. The number of fused-ring (bicyclic) bond motifs is 1. The number of aliphatic hydroxyl groups is 1. The molecule has 1 aromatic carbocycles. The zero-order chi connectivity index (χ0) is 17.1. The van der Waals surface area contributed by atoms with Crippen molar-refractivity contribution in [3.8, 4) is 17.0 Å². The molecule has 7 heteroatoms. The Kier molecular flexibility index (Phi) is 4.64. The van der Waals surface area contributed by atoms with Crippen LogP contribution in [0.4, 0.5) is 0 Å². The summed E-state index contributed by atoms with van der Waals surface area (Å²) in [4.78, 5) is 12.7. The minimum absolute atomic E-state index is 0.203. The second-order valence-corrected chi connectivity index (χ2v) is 5.30. The normalized spacial score (nSPS) is 11.1. The molecular weight excluding hydrogens is 310 g/mol. The lowest BCUT2D eigenvalue weighted by molar-refractivity contribution is 0.186. The third kappa shape index (κ3) is 2.79. The van der Waals surface area contributed by atoms with Crippen molar-refractivity contribution >= 4 is 5.52 Å². The van der Waals surface area contributed by atoms with Crippen molar-refractivity contribution in [3.05, 3.63) is 52.6 Å². The average molecular weight is 329 g/mol. The van der Waals surface area contributed by atoms with Crippen LogP contribution in [-0.4, -0.2) is 40.1 Å². The summed E-state index contributed by atoms with van der Waals surface area (Å²) in [6.45, 7) is 0.609. The van der Waals surface area contributed by atoms with Crippen LogP contribution in [0.25, 0.3) is 16.8 Å². The van der Waals surface area contributed by atoms with E-state index >= 15 is 0 Å². The quantitative estimate of drug-likeness (QED) is 0.738. The van der Waals surface area contributed by atoms with Crippen LogP contribution >= 0.6 is 0 Å². The fraction of sp³-hybridized carbons (Fsp3) is 0.294. The van der Waals surface area contributed by atoms with Crippen LogP contribution < -0.4 is 10.3 Å². The molecule has 0 spiro atoms. The van der Waals surface area contributed by atoms with E-state index in [4.69, 9.17) is 9.47 Å². The van der Waals surface area contributed by atoms with Crippen molar-refractivity contribution in [2.24, 2.45) is 0 Å². The van der Waals surface area contributed by atoms with Crippen LogP contribution in [0.5, 0.6) is 5.75 Å². The van der Waals surface area contributed by atoms with Gasteiger partial charge in [0.25, 0.3) is 5.56 Å². The molecule has 1 N–H and O–H groups in total. The Balaban J connectivity index is 2.15. The van der Waals surface area contributed by atoms with Crippen LogP contribution in [0.15, 0.2) is 41.5 Å². The number of hydrogen-bond donors (Lipinski definition) is 1. The number of ether oxygens (including phenoxy) is 2. The van der Waals surface area contributed by atoms with Crippen molar-refractivity contribution in [1.29, 1.82) is 0 Å². The molecule has 0 amide bonds. The van der Waals surface area contributed by atoms with Gasteiger partial charge in [0.2, 0.25) is 0 Å². The highest BCUT2D eigenvalue weighted by Gasteiger charge is 2.17. The van der Waals surface area contributed by atoms with E-state index in [-0.39, 0.29) is 12.2 Å². The topological polar surface area (TPSA) is 78.0 Å². The Bertz CT molecular complexity index is 897. The Hall–Kier alpha value is -2.64. The van der Waals surface area contributed by atoms with Gasteiger partial charge < -0.3 is 19.1 Å². The predicted octanol–water partition coefficient (Wildman–Crippen LogP) is 1.31.